The maximum absolute atomic E-state index is 11.5. The van der Waals surface area contributed by atoms with Crippen molar-refractivity contribution < 1.29 is 9.59 Å². The highest BCUT2D eigenvalue weighted by Gasteiger charge is 2.30. The van der Waals surface area contributed by atoms with Crippen molar-refractivity contribution in [1.82, 2.24) is 5.32 Å². The van der Waals surface area contributed by atoms with Crippen LogP contribution in [0.3, 0.4) is 0 Å². The van der Waals surface area contributed by atoms with Crippen molar-refractivity contribution in [2.75, 3.05) is 0 Å². The quantitative estimate of drug-likeness (QED) is 0.785. The molecule has 84 valence electrons. The molecule has 3 heteroatoms. The largest absolute Gasteiger partial charge is 0.349 e. The Hall–Kier alpha value is -1.64. The Kier molecular flexibility index (Phi) is 3.04. The minimum atomic E-state index is 0.00815. The first-order chi connectivity index (χ1) is 7.70. The molecule has 0 bridgehead atoms. The Morgan fingerprint density at radius 1 is 1.38 bits per heavy atom. The lowest BCUT2D eigenvalue weighted by Gasteiger charge is -2.14. The number of carbonyl (C=O) groups excluding carboxylic acids is 2. The Morgan fingerprint density at radius 3 is 2.50 bits per heavy atom. The van der Waals surface area contributed by atoms with Gasteiger partial charge < -0.3 is 5.32 Å². The summed E-state index contributed by atoms with van der Waals surface area (Å²) in [6, 6.07) is 7.29. The number of rotatable bonds is 4. The first-order valence-electron chi connectivity index (χ1n) is 5.56. The zero-order valence-electron chi connectivity index (χ0n) is 9.27. The van der Waals surface area contributed by atoms with Gasteiger partial charge in [0.25, 0.3) is 0 Å². The van der Waals surface area contributed by atoms with Gasteiger partial charge in [0, 0.05) is 11.5 Å². The number of amides is 1. The number of nitrogens with one attached hydrogen (secondary N) is 1. The summed E-state index contributed by atoms with van der Waals surface area (Å²) in [5.41, 5.74) is 1.68. The van der Waals surface area contributed by atoms with Crippen LogP contribution in [0.5, 0.6) is 0 Å². The van der Waals surface area contributed by atoms with E-state index in [1.807, 2.05) is 19.1 Å². The molecule has 0 radical (unpaired) electrons. The van der Waals surface area contributed by atoms with Crippen molar-refractivity contribution in [2.45, 2.75) is 25.8 Å². The minimum Gasteiger partial charge on any atom is -0.349 e. The Labute approximate surface area is 94.9 Å². The van der Waals surface area contributed by atoms with Gasteiger partial charge in [0.15, 0.2) is 0 Å². The molecular weight excluding hydrogens is 202 g/mol. The molecule has 16 heavy (non-hydrogen) atoms. The number of aldehydes is 1. The molecule has 0 spiro atoms. The molecule has 1 fully saturated rings. The maximum atomic E-state index is 11.5. The molecule has 1 amide bonds. The Bertz CT molecular complexity index is 393. The van der Waals surface area contributed by atoms with Crippen molar-refractivity contribution in [3.8, 4) is 0 Å². The van der Waals surface area contributed by atoms with E-state index in [9.17, 15) is 9.59 Å². The van der Waals surface area contributed by atoms with Gasteiger partial charge in [-0.25, -0.2) is 0 Å². The normalized spacial score (nSPS) is 16.6. The monoisotopic (exact) mass is 217 g/mol. The standard InChI is InChI=1S/C13H15NO2/c1-9(14-13(16)12-6-7-12)11-4-2-10(8-15)3-5-11/h2-5,8-9,12H,6-7H2,1H3,(H,14,16)/t9-/m0/s1. The summed E-state index contributed by atoms with van der Waals surface area (Å²) in [6.07, 6.45) is 2.85. The second kappa shape index (κ2) is 4.47. The van der Waals surface area contributed by atoms with Gasteiger partial charge in [-0.15, -0.1) is 0 Å². The zero-order chi connectivity index (χ0) is 11.5. The molecule has 1 saturated carbocycles. The number of benzene rings is 1. The average molecular weight is 217 g/mol. The van der Waals surface area contributed by atoms with E-state index in [-0.39, 0.29) is 17.9 Å². The predicted molar refractivity (Wildman–Crippen MR) is 61.1 cm³/mol. The lowest BCUT2D eigenvalue weighted by atomic mass is 10.1. The predicted octanol–water partition coefficient (Wildman–Crippen LogP) is 2.09. The van der Waals surface area contributed by atoms with Crippen LogP contribution in [0.1, 0.15) is 41.7 Å². The molecule has 1 aromatic rings. The summed E-state index contributed by atoms with van der Waals surface area (Å²) in [7, 11) is 0. The third kappa shape index (κ3) is 2.48. The third-order valence-electron chi connectivity index (χ3n) is 2.88. The highest BCUT2D eigenvalue weighted by molar-refractivity contribution is 5.81. The summed E-state index contributed by atoms with van der Waals surface area (Å²) >= 11 is 0. The lowest BCUT2D eigenvalue weighted by Crippen LogP contribution is -2.27. The fourth-order valence-electron chi connectivity index (χ4n) is 1.62. The summed E-state index contributed by atoms with van der Waals surface area (Å²) in [6.45, 7) is 1.95. The molecular formula is C13H15NO2. The van der Waals surface area contributed by atoms with Gasteiger partial charge in [0.1, 0.15) is 6.29 Å². The highest BCUT2D eigenvalue weighted by Crippen LogP contribution is 2.29. The van der Waals surface area contributed by atoms with Crippen LogP contribution in [-0.2, 0) is 4.79 Å². The second-order valence-corrected chi connectivity index (χ2v) is 4.29. The number of carbonyl (C=O) groups is 2. The van der Waals surface area contributed by atoms with E-state index >= 15 is 0 Å². The molecule has 0 heterocycles. The second-order valence-electron chi connectivity index (χ2n) is 4.29. The lowest BCUT2D eigenvalue weighted by molar-refractivity contribution is -0.122. The van der Waals surface area contributed by atoms with Gasteiger partial charge in [-0.3, -0.25) is 9.59 Å². The molecule has 1 N–H and O–H groups in total. The molecule has 3 nitrogen and oxygen atoms in total. The Morgan fingerprint density at radius 2 is 2.00 bits per heavy atom. The van der Waals surface area contributed by atoms with Crippen molar-refractivity contribution in [1.29, 1.82) is 0 Å². The topological polar surface area (TPSA) is 46.2 Å². The van der Waals surface area contributed by atoms with Gasteiger partial charge in [0.2, 0.25) is 5.91 Å². The van der Waals surface area contributed by atoms with E-state index in [4.69, 9.17) is 0 Å². The molecule has 1 aliphatic rings. The van der Waals surface area contributed by atoms with Crippen molar-refractivity contribution >= 4 is 12.2 Å². The van der Waals surface area contributed by atoms with Crippen LogP contribution >= 0.6 is 0 Å². The molecule has 0 saturated heterocycles. The van der Waals surface area contributed by atoms with Gasteiger partial charge in [0.05, 0.1) is 6.04 Å². The smallest absolute Gasteiger partial charge is 0.223 e. The van der Waals surface area contributed by atoms with Crippen molar-refractivity contribution in [2.24, 2.45) is 5.92 Å². The fourth-order valence-corrected chi connectivity index (χ4v) is 1.62. The first-order valence-corrected chi connectivity index (χ1v) is 5.56. The van der Waals surface area contributed by atoms with Gasteiger partial charge in [-0.2, -0.15) is 0 Å². The van der Waals surface area contributed by atoms with E-state index in [0.29, 0.717) is 5.56 Å². The maximum Gasteiger partial charge on any atom is 0.223 e. The van der Waals surface area contributed by atoms with E-state index in [1.54, 1.807) is 12.1 Å². The SMILES string of the molecule is C[C@H](NC(=O)C1CC1)c1ccc(C=O)cc1. The van der Waals surface area contributed by atoms with E-state index < -0.39 is 0 Å². The number of hydrogen-bond acceptors (Lipinski definition) is 2. The number of hydrogen-bond donors (Lipinski definition) is 1. The summed E-state index contributed by atoms with van der Waals surface area (Å²) in [5.74, 6) is 0.378. The van der Waals surface area contributed by atoms with Gasteiger partial charge in [-0.05, 0) is 25.3 Å². The van der Waals surface area contributed by atoms with Crippen LogP contribution in [0.15, 0.2) is 24.3 Å². The molecule has 0 aromatic heterocycles. The summed E-state index contributed by atoms with van der Waals surface area (Å²) < 4.78 is 0. The van der Waals surface area contributed by atoms with Crippen LogP contribution in [0.4, 0.5) is 0 Å². The average Bonchev–Trinajstić information content (AvgIpc) is 3.13. The highest BCUT2D eigenvalue weighted by atomic mass is 16.2. The van der Waals surface area contributed by atoms with Crippen LogP contribution in [0.25, 0.3) is 0 Å². The van der Waals surface area contributed by atoms with E-state index in [1.165, 1.54) is 0 Å². The minimum absolute atomic E-state index is 0.00815. The van der Waals surface area contributed by atoms with Crippen LogP contribution < -0.4 is 5.32 Å². The van der Waals surface area contributed by atoms with E-state index in [2.05, 4.69) is 5.32 Å². The van der Waals surface area contributed by atoms with Crippen LogP contribution in [-0.4, -0.2) is 12.2 Å². The van der Waals surface area contributed by atoms with E-state index in [0.717, 1.165) is 24.7 Å². The molecule has 0 aliphatic heterocycles. The van der Waals surface area contributed by atoms with Crippen molar-refractivity contribution in [3.63, 3.8) is 0 Å². The molecule has 2 rings (SSSR count). The molecule has 1 atom stereocenters. The molecule has 1 aliphatic carbocycles. The summed E-state index contributed by atoms with van der Waals surface area (Å²) in [5, 5.41) is 2.97. The molecule has 1 aromatic carbocycles. The zero-order valence-corrected chi connectivity index (χ0v) is 9.27. The van der Waals surface area contributed by atoms with Crippen LogP contribution in [0, 0.1) is 5.92 Å². The van der Waals surface area contributed by atoms with Gasteiger partial charge in [-0.1, -0.05) is 24.3 Å². The molecule has 0 unspecified atom stereocenters. The van der Waals surface area contributed by atoms with Crippen molar-refractivity contribution in [3.05, 3.63) is 35.4 Å². The Balaban J connectivity index is 1.99. The summed E-state index contributed by atoms with van der Waals surface area (Å²) in [4.78, 5) is 22.0. The fraction of sp³-hybridized carbons (Fsp3) is 0.385. The van der Waals surface area contributed by atoms with Gasteiger partial charge >= 0.3 is 0 Å². The third-order valence-corrected chi connectivity index (χ3v) is 2.88. The van der Waals surface area contributed by atoms with Crippen LogP contribution in [0.2, 0.25) is 0 Å². The first kappa shape index (κ1) is 10.9.